The van der Waals surface area contributed by atoms with Gasteiger partial charge in [0.25, 0.3) is 0 Å². The number of pyridine rings is 2. The molecule has 17 heavy (non-hydrogen) atoms. The fourth-order valence-corrected chi connectivity index (χ4v) is 1.70. The summed E-state index contributed by atoms with van der Waals surface area (Å²) in [6.07, 6.45) is 3.34. The van der Waals surface area contributed by atoms with Crippen LogP contribution in [0.2, 0.25) is 5.02 Å². The van der Waals surface area contributed by atoms with Crippen molar-refractivity contribution >= 4 is 22.9 Å². The van der Waals surface area contributed by atoms with Gasteiger partial charge < -0.3 is 5.73 Å². The first-order valence-electron chi connectivity index (χ1n) is 4.96. The van der Waals surface area contributed by atoms with E-state index in [-0.39, 0.29) is 0 Å². The molecule has 0 saturated heterocycles. The molecule has 0 spiro atoms. The SMILES string of the molecule is Nc1ccc2nnc(-c3ccc(Cl)cn3)n2c1. The molecule has 0 amide bonds. The Labute approximate surface area is 102 Å². The van der Waals surface area contributed by atoms with Crippen molar-refractivity contribution in [3.05, 3.63) is 41.7 Å². The highest BCUT2D eigenvalue weighted by atomic mass is 35.5. The van der Waals surface area contributed by atoms with Gasteiger partial charge in [-0.3, -0.25) is 9.38 Å². The summed E-state index contributed by atoms with van der Waals surface area (Å²) in [6.45, 7) is 0. The molecule has 3 aromatic rings. The van der Waals surface area contributed by atoms with Crippen molar-refractivity contribution in [2.24, 2.45) is 0 Å². The van der Waals surface area contributed by atoms with Crippen LogP contribution >= 0.6 is 11.6 Å². The van der Waals surface area contributed by atoms with Gasteiger partial charge in [0.1, 0.15) is 5.69 Å². The van der Waals surface area contributed by atoms with E-state index >= 15 is 0 Å². The summed E-state index contributed by atoms with van der Waals surface area (Å²) >= 11 is 5.79. The molecular formula is C11H8ClN5. The number of fused-ring (bicyclic) bond motifs is 1. The van der Waals surface area contributed by atoms with E-state index in [1.807, 2.05) is 6.07 Å². The van der Waals surface area contributed by atoms with Crippen LogP contribution < -0.4 is 5.73 Å². The lowest BCUT2D eigenvalue weighted by Crippen LogP contribution is -1.94. The third-order valence-electron chi connectivity index (χ3n) is 2.38. The second-order valence-corrected chi connectivity index (χ2v) is 4.01. The van der Waals surface area contributed by atoms with Crippen molar-refractivity contribution in [2.45, 2.75) is 0 Å². The zero-order valence-corrected chi connectivity index (χ0v) is 9.46. The molecule has 5 nitrogen and oxygen atoms in total. The molecule has 0 fully saturated rings. The number of nitrogens with two attached hydrogens (primary N) is 1. The van der Waals surface area contributed by atoms with Crippen molar-refractivity contribution in [3.63, 3.8) is 0 Å². The van der Waals surface area contributed by atoms with Crippen LogP contribution in [0.15, 0.2) is 36.7 Å². The smallest absolute Gasteiger partial charge is 0.187 e. The van der Waals surface area contributed by atoms with Crippen LogP contribution in [0.1, 0.15) is 0 Å². The molecule has 0 saturated carbocycles. The minimum Gasteiger partial charge on any atom is -0.398 e. The van der Waals surface area contributed by atoms with Crippen LogP contribution in [0.5, 0.6) is 0 Å². The number of hydrogen-bond acceptors (Lipinski definition) is 4. The number of anilines is 1. The Morgan fingerprint density at radius 2 is 2.00 bits per heavy atom. The molecule has 3 rings (SSSR count). The fraction of sp³-hybridized carbons (Fsp3) is 0. The molecule has 0 atom stereocenters. The molecule has 6 heteroatoms. The van der Waals surface area contributed by atoms with Crippen molar-refractivity contribution < 1.29 is 0 Å². The van der Waals surface area contributed by atoms with Crippen molar-refractivity contribution in [3.8, 4) is 11.5 Å². The Balaban J connectivity index is 2.23. The predicted molar refractivity (Wildman–Crippen MR) is 65.6 cm³/mol. The van der Waals surface area contributed by atoms with E-state index in [0.717, 1.165) is 5.65 Å². The maximum absolute atomic E-state index is 5.79. The number of nitrogens with zero attached hydrogens (tertiary/aromatic N) is 4. The molecule has 2 N–H and O–H groups in total. The summed E-state index contributed by atoms with van der Waals surface area (Å²) in [5, 5.41) is 8.72. The van der Waals surface area contributed by atoms with Crippen LogP contribution in [-0.2, 0) is 0 Å². The summed E-state index contributed by atoms with van der Waals surface area (Å²) in [7, 11) is 0. The third-order valence-corrected chi connectivity index (χ3v) is 2.61. The maximum atomic E-state index is 5.79. The topological polar surface area (TPSA) is 69.1 Å². The number of aromatic nitrogens is 4. The molecule has 3 aromatic heterocycles. The van der Waals surface area contributed by atoms with Gasteiger partial charge in [0.05, 0.1) is 5.02 Å². The zero-order valence-electron chi connectivity index (χ0n) is 8.71. The van der Waals surface area contributed by atoms with Crippen LogP contribution in [0.3, 0.4) is 0 Å². The van der Waals surface area contributed by atoms with Crippen LogP contribution in [0.25, 0.3) is 17.2 Å². The molecule has 0 aliphatic heterocycles. The van der Waals surface area contributed by atoms with Gasteiger partial charge >= 0.3 is 0 Å². The van der Waals surface area contributed by atoms with Gasteiger partial charge in [-0.05, 0) is 24.3 Å². The first kappa shape index (κ1) is 10.0. The van der Waals surface area contributed by atoms with Gasteiger partial charge in [-0.25, -0.2) is 0 Å². The number of rotatable bonds is 1. The number of nitrogen functional groups attached to an aromatic ring is 1. The Morgan fingerprint density at radius 3 is 2.76 bits per heavy atom. The van der Waals surface area contributed by atoms with E-state index < -0.39 is 0 Å². The van der Waals surface area contributed by atoms with Crippen LogP contribution in [-0.4, -0.2) is 19.6 Å². The normalized spacial score (nSPS) is 10.9. The van der Waals surface area contributed by atoms with E-state index in [1.165, 1.54) is 0 Å². The standard InChI is InChI=1S/C11H8ClN5/c12-7-1-3-9(14-5-7)11-16-15-10-4-2-8(13)6-17(10)11/h1-6H,13H2. The Hall–Kier alpha value is -2.14. The molecular weight excluding hydrogens is 238 g/mol. The van der Waals surface area contributed by atoms with Gasteiger partial charge in [0.2, 0.25) is 0 Å². The molecule has 0 bridgehead atoms. The molecule has 0 aliphatic rings. The van der Waals surface area contributed by atoms with Gasteiger partial charge in [0, 0.05) is 18.1 Å². The lowest BCUT2D eigenvalue weighted by molar-refractivity contribution is 1.09. The molecule has 0 radical (unpaired) electrons. The highest BCUT2D eigenvalue weighted by Gasteiger charge is 2.08. The van der Waals surface area contributed by atoms with E-state index in [2.05, 4.69) is 15.2 Å². The summed E-state index contributed by atoms with van der Waals surface area (Å²) in [5.74, 6) is 0.643. The molecule has 0 aliphatic carbocycles. The summed E-state index contributed by atoms with van der Waals surface area (Å²) in [5.41, 5.74) is 7.81. The van der Waals surface area contributed by atoms with Gasteiger partial charge in [-0.1, -0.05) is 11.6 Å². The van der Waals surface area contributed by atoms with Crippen LogP contribution in [0, 0.1) is 0 Å². The van der Waals surface area contributed by atoms with E-state index in [1.54, 1.807) is 35.0 Å². The number of halogens is 1. The highest BCUT2D eigenvalue weighted by molar-refractivity contribution is 6.30. The minimum atomic E-state index is 0.585. The van der Waals surface area contributed by atoms with Crippen molar-refractivity contribution in [1.82, 2.24) is 19.6 Å². The molecule has 3 heterocycles. The first-order chi connectivity index (χ1) is 8.24. The Bertz CT molecular complexity index is 674. The van der Waals surface area contributed by atoms with Crippen molar-refractivity contribution in [1.29, 1.82) is 0 Å². The fourth-order valence-electron chi connectivity index (χ4n) is 1.59. The summed E-state index contributed by atoms with van der Waals surface area (Å²) in [6, 6.07) is 7.14. The summed E-state index contributed by atoms with van der Waals surface area (Å²) < 4.78 is 1.80. The van der Waals surface area contributed by atoms with E-state index in [0.29, 0.717) is 22.2 Å². The lowest BCUT2D eigenvalue weighted by atomic mass is 10.3. The average molecular weight is 246 g/mol. The van der Waals surface area contributed by atoms with Crippen molar-refractivity contribution in [2.75, 3.05) is 5.73 Å². The van der Waals surface area contributed by atoms with Gasteiger partial charge in [-0.15, -0.1) is 10.2 Å². The largest absolute Gasteiger partial charge is 0.398 e. The average Bonchev–Trinajstić information content (AvgIpc) is 2.73. The predicted octanol–water partition coefficient (Wildman–Crippen LogP) is 2.03. The number of hydrogen-bond donors (Lipinski definition) is 1. The summed E-state index contributed by atoms with van der Waals surface area (Å²) in [4.78, 5) is 4.20. The minimum absolute atomic E-state index is 0.585. The van der Waals surface area contributed by atoms with Gasteiger partial charge in [0.15, 0.2) is 11.5 Å². The van der Waals surface area contributed by atoms with Crippen LogP contribution in [0.4, 0.5) is 5.69 Å². The monoisotopic (exact) mass is 245 g/mol. The van der Waals surface area contributed by atoms with E-state index in [9.17, 15) is 0 Å². The molecule has 0 aromatic carbocycles. The molecule has 84 valence electrons. The van der Waals surface area contributed by atoms with Gasteiger partial charge in [-0.2, -0.15) is 0 Å². The second kappa shape index (κ2) is 3.71. The highest BCUT2D eigenvalue weighted by Crippen LogP contribution is 2.18. The van der Waals surface area contributed by atoms with E-state index in [4.69, 9.17) is 17.3 Å². The zero-order chi connectivity index (χ0) is 11.8. The molecule has 0 unspecified atom stereocenters. The first-order valence-corrected chi connectivity index (χ1v) is 5.34. The lowest BCUT2D eigenvalue weighted by Gasteiger charge is -2.00. The Kier molecular flexibility index (Phi) is 2.19. The third kappa shape index (κ3) is 1.70. The Morgan fingerprint density at radius 1 is 1.12 bits per heavy atom. The second-order valence-electron chi connectivity index (χ2n) is 3.58. The maximum Gasteiger partial charge on any atom is 0.187 e. The quantitative estimate of drug-likeness (QED) is 0.712.